The van der Waals surface area contributed by atoms with Gasteiger partial charge in [0, 0.05) is 25.1 Å². The third-order valence-corrected chi connectivity index (χ3v) is 2.85. The first-order chi connectivity index (χ1) is 9.22. The lowest BCUT2D eigenvalue weighted by Crippen LogP contribution is -2.29. The van der Waals surface area contributed by atoms with Crippen molar-refractivity contribution in [2.24, 2.45) is 0 Å². The first kappa shape index (κ1) is 13.6. The van der Waals surface area contributed by atoms with Gasteiger partial charge < -0.3 is 16.0 Å². The predicted octanol–water partition coefficient (Wildman–Crippen LogP) is 1.33. The molecule has 1 fully saturated rings. The van der Waals surface area contributed by atoms with Crippen LogP contribution in [0.4, 0.5) is 11.6 Å². The molecule has 1 amide bonds. The lowest BCUT2D eigenvalue weighted by Gasteiger charge is -2.10. The number of aromatic nitrogens is 2. The minimum Gasteiger partial charge on any atom is -0.370 e. The van der Waals surface area contributed by atoms with E-state index in [1.165, 1.54) is 0 Å². The van der Waals surface area contributed by atoms with E-state index in [0.717, 1.165) is 31.0 Å². The van der Waals surface area contributed by atoms with Gasteiger partial charge in [0.1, 0.15) is 17.5 Å². The molecule has 1 saturated carbocycles. The highest BCUT2D eigenvalue weighted by Crippen LogP contribution is 2.38. The lowest BCUT2D eigenvalue weighted by molar-refractivity contribution is -0.119. The fourth-order valence-corrected chi connectivity index (χ4v) is 1.78. The minimum absolute atomic E-state index is 0.0286. The summed E-state index contributed by atoms with van der Waals surface area (Å²) in [5.74, 6) is 2.86. The van der Waals surface area contributed by atoms with Gasteiger partial charge in [-0.2, -0.15) is 0 Å². The zero-order valence-corrected chi connectivity index (χ0v) is 11.5. The monoisotopic (exact) mass is 263 g/mol. The van der Waals surface area contributed by atoms with Gasteiger partial charge in [0.05, 0.1) is 6.54 Å². The Hall–Kier alpha value is -1.85. The Balaban J connectivity index is 2.03. The molecule has 0 aromatic carbocycles. The van der Waals surface area contributed by atoms with E-state index in [-0.39, 0.29) is 12.5 Å². The lowest BCUT2D eigenvalue weighted by atomic mass is 10.3. The van der Waals surface area contributed by atoms with E-state index >= 15 is 0 Å². The van der Waals surface area contributed by atoms with Crippen molar-refractivity contribution in [3.8, 4) is 0 Å². The number of nitrogens with one attached hydrogen (secondary N) is 3. The van der Waals surface area contributed by atoms with E-state index < -0.39 is 0 Å². The average Bonchev–Trinajstić information content (AvgIpc) is 3.21. The average molecular weight is 263 g/mol. The van der Waals surface area contributed by atoms with Crippen LogP contribution in [0.3, 0.4) is 0 Å². The molecule has 1 aromatic rings. The zero-order chi connectivity index (χ0) is 13.7. The van der Waals surface area contributed by atoms with Gasteiger partial charge in [0.2, 0.25) is 5.91 Å². The van der Waals surface area contributed by atoms with E-state index in [9.17, 15) is 4.79 Å². The summed E-state index contributed by atoms with van der Waals surface area (Å²) in [5.41, 5.74) is 0. The van der Waals surface area contributed by atoms with Crippen molar-refractivity contribution in [1.82, 2.24) is 15.3 Å². The molecule has 0 saturated heterocycles. The molecule has 0 bridgehead atoms. The van der Waals surface area contributed by atoms with Crippen LogP contribution < -0.4 is 16.0 Å². The van der Waals surface area contributed by atoms with Gasteiger partial charge in [-0.25, -0.2) is 9.97 Å². The predicted molar refractivity (Wildman–Crippen MR) is 75.3 cm³/mol. The van der Waals surface area contributed by atoms with Crippen molar-refractivity contribution in [2.45, 2.75) is 32.6 Å². The van der Waals surface area contributed by atoms with Gasteiger partial charge in [0.15, 0.2) is 0 Å². The Morgan fingerprint density at radius 1 is 1.21 bits per heavy atom. The summed E-state index contributed by atoms with van der Waals surface area (Å²) in [6.07, 6.45) is 2.32. The SMILES string of the molecule is CCNC(=O)CNc1cc(NCC)nc(C2CC2)n1. The van der Waals surface area contributed by atoms with Crippen LogP contribution in [0.15, 0.2) is 6.07 Å². The van der Waals surface area contributed by atoms with Gasteiger partial charge >= 0.3 is 0 Å². The van der Waals surface area contributed by atoms with Crippen molar-refractivity contribution in [2.75, 3.05) is 30.3 Å². The molecule has 6 nitrogen and oxygen atoms in total. The third-order valence-electron chi connectivity index (χ3n) is 2.85. The van der Waals surface area contributed by atoms with E-state index in [4.69, 9.17) is 0 Å². The molecule has 1 heterocycles. The van der Waals surface area contributed by atoms with Crippen LogP contribution >= 0.6 is 0 Å². The van der Waals surface area contributed by atoms with Crippen molar-refractivity contribution >= 4 is 17.5 Å². The molecule has 19 heavy (non-hydrogen) atoms. The molecule has 0 radical (unpaired) electrons. The highest BCUT2D eigenvalue weighted by atomic mass is 16.1. The zero-order valence-electron chi connectivity index (χ0n) is 11.5. The van der Waals surface area contributed by atoms with Crippen LogP contribution in [-0.4, -0.2) is 35.5 Å². The molecule has 0 aliphatic heterocycles. The standard InChI is InChI=1S/C13H21N5O/c1-3-14-10-7-11(16-8-12(19)15-4-2)18-13(17-10)9-5-6-9/h7,9H,3-6,8H2,1-2H3,(H,15,19)(H2,14,16,17,18). The second kappa shape index (κ2) is 6.36. The molecule has 6 heteroatoms. The third kappa shape index (κ3) is 4.08. The van der Waals surface area contributed by atoms with Crippen molar-refractivity contribution < 1.29 is 4.79 Å². The molecule has 2 rings (SSSR count). The van der Waals surface area contributed by atoms with Gasteiger partial charge in [0.25, 0.3) is 0 Å². The van der Waals surface area contributed by atoms with Crippen LogP contribution in [0.1, 0.15) is 38.4 Å². The molecular formula is C13H21N5O. The quantitative estimate of drug-likeness (QED) is 0.691. The normalized spacial score (nSPS) is 14.0. The Morgan fingerprint density at radius 2 is 1.89 bits per heavy atom. The maximum atomic E-state index is 11.4. The second-order valence-corrected chi connectivity index (χ2v) is 4.61. The number of carbonyl (C=O) groups is 1. The molecule has 1 aliphatic carbocycles. The topological polar surface area (TPSA) is 78.9 Å². The van der Waals surface area contributed by atoms with Gasteiger partial charge in [-0.05, 0) is 26.7 Å². The van der Waals surface area contributed by atoms with E-state index in [2.05, 4.69) is 25.9 Å². The van der Waals surface area contributed by atoms with E-state index in [0.29, 0.717) is 18.3 Å². The summed E-state index contributed by atoms with van der Waals surface area (Å²) in [5, 5.41) is 8.98. The summed E-state index contributed by atoms with van der Waals surface area (Å²) < 4.78 is 0. The number of hydrogen-bond acceptors (Lipinski definition) is 5. The number of anilines is 2. The Bertz CT molecular complexity index is 445. The summed E-state index contributed by atoms with van der Waals surface area (Å²) >= 11 is 0. The minimum atomic E-state index is -0.0286. The molecule has 0 atom stereocenters. The Kier molecular flexibility index (Phi) is 4.54. The maximum Gasteiger partial charge on any atom is 0.239 e. The molecule has 1 aliphatic rings. The van der Waals surface area contributed by atoms with Crippen molar-refractivity contribution in [3.05, 3.63) is 11.9 Å². The van der Waals surface area contributed by atoms with Crippen molar-refractivity contribution in [3.63, 3.8) is 0 Å². The van der Waals surface area contributed by atoms with Gasteiger partial charge in [-0.1, -0.05) is 0 Å². The Morgan fingerprint density at radius 3 is 2.47 bits per heavy atom. The number of amides is 1. The molecule has 104 valence electrons. The van der Waals surface area contributed by atoms with Crippen molar-refractivity contribution in [1.29, 1.82) is 0 Å². The van der Waals surface area contributed by atoms with Crippen LogP contribution in [0.2, 0.25) is 0 Å². The van der Waals surface area contributed by atoms with Gasteiger partial charge in [-0.15, -0.1) is 0 Å². The first-order valence-electron chi connectivity index (χ1n) is 6.86. The van der Waals surface area contributed by atoms with E-state index in [1.807, 2.05) is 19.9 Å². The fraction of sp³-hybridized carbons (Fsp3) is 0.615. The van der Waals surface area contributed by atoms with Crippen LogP contribution in [0.25, 0.3) is 0 Å². The van der Waals surface area contributed by atoms with Crippen LogP contribution in [0, 0.1) is 0 Å². The highest BCUT2D eigenvalue weighted by molar-refractivity contribution is 5.80. The number of nitrogens with zero attached hydrogens (tertiary/aromatic N) is 2. The summed E-state index contributed by atoms with van der Waals surface area (Å²) in [7, 11) is 0. The maximum absolute atomic E-state index is 11.4. The summed E-state index contributed by atoms with van der Waals surface area (Å²) in [4.78, 5) is 20.4. The highest BCUT2D eigenvalue weighted by Gasteiger charge is 2.27. The van der Waals surface area contributed by atoms with Gasteiger partial charge in [-0.3, -0.25) is 4.79 Å². The molecule has 3 N–H and O–H groups in total. The molecule has 0 unspecified atom stereocenters. The van der Waals surface area contributed by atoms with E-state index in [1.54, 1.807) is 0 Å². The first-order valence-corrected chi connectivity index (χ1v) is 6.86. The smallest absolute Gasteiger partial charge is 0.239 e. The second-order valence-electron chi connectivity index (χ2n) is 4.61. The number of carbonyl (C=O) groups excluding carboxylic acids is 1. The summed E-state index contributed by atoms with van der Waals surface area (Å²) in [6, 6.07) is 1.84. The van der Waals surface area contributed by atoms with Crippen LogP contribution in [-0.2, 0) is 4.79 Å². The fourth-order valence-electron chi connectivity index (χ4n) is 1.78. The number of hydrogen-bond donors (Lipinski definition) is 3. The summed E-state index contributed by atoms with van der Waals surface area (Å²) in [6.45, 7) is 5.62. The number of likely N-dealkylation sites (N-methyl/N-ethyl adjacent to an activating group) is 1. The molecule has 0 spiro atoms. The molecular weight excluding hydrogens is 242 g/mol. The molecule has 1 aromatic heterocycles. The Labute approximate surface area is 113 Å². The van der Waals surface area contributed by atoms with Crippen LogP contribution in [0.5, 0.6) is 0 Å². The number of rotatable bonds is 7. The largest absolute Gasteiger partial charge is 0.370 e.